The number of carbonyl (C=O) groups is 3. The number of aliphatic hydroxyl groups is 1. The standard InChI is InChI=1S/C22H30O7/c1-13-6-9-16-21(2,19(25)27-3)10-5-11-22(16,20(26)28-4)15(13)8-7-14-12-17(23)29-18(14)24/h12,15-17,23H,1,5-11H2,2-4H3. The normalized spacial score (nSPS) is 36.7. The van der Waals surface area contributed by atoms with Crippen molar-refractivity contribution in [3.63, 3.8) is 0 Å². The number of esters is 3. The molecule has 0 aromatic heterocycles. The summed E-state index contributed by atoms with van der Waals surface area (Å²) in [7, 11) is 2.75. The van der Waals surface area contributed by atoms with Gasteiger partial charge < -0.3 is 19.3 Å². The first-order chi connectivity index (χ1) is 13.7. The van der Waals surface area contributed by atoms with E-state index in [2.05, 4.69) is 6.58 Å². The summed E-state index contributed by atoms with van der Waals surface area (Å²) in [5, 5.41) is 9.52. The topological polar surface area (TPSA) is 99.1 Å². The summed E-state index contributed by atoms with van der Waals surface area (Å²) in [6, 6.07) is 0. The molecule has 5 unspecified atom stereocenters. The maximum Gasteiger partial charge on any atom is 0.336 e. The third-order valence-electron chi connectivity index (χ3n) is 7.30. The summed E-state index contributed by atoms with van der Waals surface area (Å²) in [6.45, 7) is 6.12. The summed E-state index contributed by atoms with van der Waals surface area (Å²) in [6.07, 6.45) is 4.37. The Kier molecular flexibility index (Phi) is 5.90. The monoisotopic (exact) mass is 406 g/mol. The Balaban J connectivity index is 1.98. The average Bonchev–Trinajstić information content (AvgIpc) is 3.02. The van der Waals surface area contributed by atoms with Gasteiger partial charge >= 0.3 is 17.9 Å². The van der Waals surface area contributed by atoms with Crippen molar-refractivity contribution in [2.45, 2.75) is 58.2 Å². The van der Waals surface area contributed by atoms with Crippen molar-refractivity contribution in [1.82, 2.24) is 0 Å². The smallest absolute Gasteiger partial charge is 0.336 e. The zero-order chi connectivity index (χ0) is 21.4. The van der Waals surface area contributed by atoms with Crippen molar-refractivity contribution in [3.05, 3.63) is 23.8 Å². The summed E-state index contributed by atoms with van der Waals surface area (Å²) >= 11 is 0. The number of carbonyl (C=O) groups excluding carboxylic acids is 3. The maximum atomic E-state index is 13.2. The van der Waals surface area contributed by atoms with E-state index in [-0.39, 0.29) is 23.8 Å². The average molecular weight is 406 g/mol. The maximum absolute atomic E-state index is 13.2. The van der Waals surface area contributed by atoms with E-state index in [0.29, 0.717) is 50.5 Å². The number of aliphatic hydroxyl groups excluding tert-OH is 1. The molecular weight excluding hydrogens is 376 g/mol. The molecule has 1 heterocycles. The number of hydrogen-bond acceptors (Lipinski definition) is 7. The molecule has 1 N–H and O–H groups in total. The predicted molar refractivity (Wildman–Crippen MR) is 103 cm³/mol. The molecule has 3 aliphatic rings. The Morgan fingerprint density at radius 2 is 1.97 bits per heavy atom. The van der Waals surface area contributed by atoms with Gasteiger partial charge in [0, 0.05) is 5.57 Å². The number of ether oxygens (including phenoxy) is 3. The second-order valence-electron chi connectivity index (χ2n) is 8.62. The summed E-state index contributed by atoms with van der Waals surface area (Å²) < 4.78 is 15.2. The largest absolute Gasteiger partial charge is 0.469 e. The lowest BCUT2D eigenvalue weighted by Gasteiger charge is -2.56. The Morgan fingerprint density at radius 1 is 1.28 bits per heavy atom. The number of rotatable bonds is 5. The van der Waals surface area contributed by atoms with Crippen LogP contribution in [0.4, 0.5) is 0 Å². The van der Waals surface area contributed by atoms with E-state index >= 15 is 0 Å². The lowest BCUT2D eigenvalue weighted by atomic mass is 9.45. The van der Waals surface area contributed by atoms with E-state index in [9.17, 15) is 19.5 Å². The van der Waals surface area contributed by atoms with E-state index in [1.54, 1.807) is 0 Å². The molecule has 3 rings (SSSR count). The molecule has 0 radical (unpaired) electrons. The van der Waals surface area contributed by atoms with Gasteiger partial charge in [-0.2, -0.15) is 0 Å². The third-order valence-corrected chi connectivity index (χ3v) is 7.30. The van der Waals surface area contributed by atoms with Crippen LogP contribution >= 0.6 is 0 Å². The summed E-state index contributed by atoms with van der Waals surface area (Å²) in [4.78, 5) is 37.9. The van der Waals surface area contributed by atoms with Crippen LogP contribution in [-0.4, -0.2) is 43.5 Å². The molecule has 0 bridgehead atoms. The van der Waals surface area contributed by atoms with Crippen LogP contribution < -0.4 is 0 Å². The Bertz CT molecular complexity index is 754. The van der Waals surface area contributed by atoms with Gasteiger partial charge in [0.1, 0.15) is 0 Å². The molecule has 0 saturated heterocycles. The number of cyclic esters (lactones) is 1. The predicted octanol–water partition coefficient (Wildman–Crippen LogP) is 2.67. The fourth-order valence-electron chi connectivity index (χ4n) is 5.99. The number of hydrogen-bond donors (Lipinski definition) is 1. The van der Waals surface area contributed by atoms with E-state index in [1.165, 1.54) is 20.3 Å². The fraction of sp³-hybridized carbons (Fsp3) is 0.682. The second-order valence-corrected chi connectivity index (χ2v) is 8.62. The zero-order valence-electron chi connectivity index (χ0n) is 17.4. The van der Waals surface area contributed by atoms with Gasteiger partial charge in [0.25, 0.3) is 0 Å². The molecule has 0 aromatic rings. The Hall–Kier alpha value is -2.15. The van der Waals surface area contributed by atoms with Crippen molar-refractivity contribution in [2.24, 2.45) is 22.7 Å². The molecule has 29 heavy (non-hydrogen) atoms. The van der Waals surface area contributed by atoms with Crippen LogP contribution in [0.2, 0.25) is 0 Å². The molecule has 160 valence electrons. The molecule has 2 aliphatic carbocycles. The number of allylic oxidation sites excluding steroid dienone is 1. The minimum absolute atomic E-state index is 0.228. The molecule has 7 nitrogen and oxygen atoms in total. The van der Waals surface area contributed by atoms with E-state index in [4.69, 9.17) is 14.2 Å². The highest BCUT2D eigenvalue weighted by Crippen LogP contribution is 2.63. The van der Waals surface area contributed by atoms with Crippen LogP contribution in [0, 0.1) is 22.7 Å². The SMILES string of the molecule is C=C1CCC2C(C)(C(=O)OC)CCCC2(C(=O)OC)C1CCC1=CC(O)OC1=O. The van der Waals surface area contributed by atoms with Gasteiger partial charge in [-0.3, -0.25) is 9.59 Å². The Morgan fingerprint density at radius 3 is 2.55 bits per heavy atom. The Labute approximate surface area is 171 Å². The molecule has 0 aromatic carbocycles. The van der Waals surface area contributed by atoms with Crippen LogP contribution in [0.5, 0.6) is 0 Å². The van der Waals surface area contributed by atoms with Gasteiger partial charge in [0.05, 0.1) is 25.0 Å². The van der Waals surface area contributed by atoms with Gasteiger partial charge in [-0.05, 0) is 63.4 Å². The molecular formula is C22H30O7. The van der Waals surface area contributed by atoms with Crippen LogP contribution in [0.15, 0.2) is 23.8 Å². The van der Waals surface area contributed by atoms with Crippen molar-refractivity contribution in [3.8, 4) is 0 Å². The first-order valence-electron chi connectivity index (χ1n) is 10.1. The molecule has 7 heteroatoms. The lowest BCUT2D eigenvalue weighted by molar-refractivity contribution is -0.185. The molecule has 5 atom stereocenters. The summed E-state index contributed by atoms with van der Waals surface area (Å²) in [5.74, 6) is -1.62. The highest BCUT2D eigenvalue weighted by Gasteiger charge is 2.64. The third kappa shape index (κ3) is 3.39. The summed E-state index contributed by atoms with van der Waals surface area (Å²) in [5.41, 5.74) is -0.318. The van der Waals surface area contributed by atoms with Gasteiger partial charge in [-0.15, -0.1) is 0 Å². The zero-order valence-corrected chi connectivity index (χ0v) is 17.4. The van der Waals surface area contributed by atoms with Crippen molar-refractivity contribution < 1.29 is 33.7 Å². The van der Waals surface area contributed by atoms with Gasteiger partial charge in [0.15, 0.2) is 0 Å². The van der Waals surface area contributed by atoms with Crippen molar-refractivity contribution in [1.29, 1.82) is 0 Å². The van der Waals surface area contributed by atoms with Crippen molar-refractivity contribution >= 4 is 17.9 Å². The quantitative estimate of drug-likeness (QED) is 0.426. The van der Waals surface area contributed by atoms with Gasteiger partial charge in [0.2, 0.25) is 6.29 Å². The number of methoxy groups -OCH3 is 2. The molecule has 0 spiro atoms. The van der Waals surface area contributed by atoms with E-state index in [0.717, 1.165) is 5.57 Å². The van der Waals surface area contributed by atoms with E-state index < -0.39 is 23.1 Å². The van der Waals surface area contributed by atoms with Gasteiger partial charge in [-0.25, -0.2) is 4.79 Å². The minimum atomic E-state index is -1.22. The number of fused-ring (bicyclic) bond motifs is 1. The van der Waals surface area contributed by atoms with Crippen LogP contribution in [-0.2, 0) is 28.6 Å². The van der Waals surface area contributed by atoms with E-state index in [1.807, 2.05) is 6.92 Å². The van der Waals surface area contributed by atoms with Crippen LogP contribution in [0.25, 0.3) is 0 Å². The van der Waals surface area contributed by atoms with Crippen LogP contribution in [0.1, 0.15) is 51.9 Å². The van der Waals surface area contributed by atoms with Gasteiger partial charge in [-0.1, -0.05) is 18.6 Å². The highest BCUT2D eigenvalue weighted by atomic mass is 16.6. The second kappa shape index (κ2) is 7.94. The molecule has 2 fully saturated rings. The minimum Gasteiger partial charge on any atom is -0.469 e. The molecule has 2 saturated carbocycles. The lowest BCUT2D eigenvalue weighted by Crippen LogP contribution is -2.58. The molecule has 0 amide bonds. The fourth-order valence-corrected chi connectivity index (χ4v) is 5.99. The molecule has 1 aliphatic heterocycles. The van der Waals surface area contributed by atoms with Crippen molar-refractivity contribution in [2.75, 3.05) is 14.2 Å². The first-order valence-corrected chi connectivity index (χ1v) is 10.1. The highest BCUT2D eigenvalue weighted by molar-refractivity contribution is 5.90. The van der Waals surface area contributed by atoms with Crippen LogP contribution in [0.3, 0.4) is 0 Å². The first kappa shape index (κ1) is 21.6.